The Morgan fingerprint density at radius 2 is 1.55 bits per heavy atom. The van der Waals surface area contributed by atoms with Gasteiger partial charge in [0.1, 0.15) is 22.1 Å². The van der Waals surface area contributed by atoms with E-state index in [-0.39, 0.29) is 6.61 Å². The van der Waals surface area contributed by atoms with Crippen molar-refractivity contribution < 1.29 is 23.7 Å². The van der Waals surface area contributed by atoms with E-state index in [1.54, 1.807) is 43.3 Å². The lowest BCUT2D eigenvalue weighted by atomic mass is 9.81. The van der Waals surface area contributed by atoms with Crippen molar-refractivity contribution in [2.45, 2.75) is 18.8 Å². The molecule has 0 saturated carbocycles. The molecule has 4 aromatic rings. The summed E-state index contributed by atoms with van der Waals surface area (Å²) in [6.07, 6.45) is 0. The van der Waals surface area contributed by atoms with E-state index in [1.807, 2.05) is 0 Å². The van der Waals surface area contributed by atoms with E-state index in [1.165, 1.54) is 7.11 Å². The lowest BCUT2D eigenvalue weighted by Gasteiger charge is -2.24. The lowest BCUT2D eigenvalue weighted by Crippen LogP contribution is -2.29. The first-order valence-electron chi connectivity index (χ1n) is 8.81. The average molecular weight is 412 g/mol. The van der Waals surface area contributed by atoms with Gasteiger partial charge in [-0.25, -0.2) is 4.63 Å². The average Bonchev–Trinajstić information content (AvgIpc) is 3.39. The molecule has 148 valence electrons. The second-order valence-electron chi connectivity index (χ2n) is 6.26. The Morgan fingerprint density at radius 3 is 2.28 bits per heavy atom. The van der Waals surface area contributed by atoms with Crippen LogP contribution in [0.5, 0.6) is 0 Å². The van der Waals surface area contributed by atoms with Crippen LogP contribution in [-0.2, 0) is 19.1 Å². The number of hydrogen-bond acceptors (Lipinski definition) is 10. The van der Waals surface area contributed by atoms with Crippen molar-refractivity contribution in [2.75, 3.05) is 13.7 Å². The van der Waals surface area contributed by atoms with Gasteiger partial charge in [-0.1, -0.05) is 12.1 Å². The fraction of sp³-hybridized carbons (Fsp3) is 0.263. The van der Waals surface area contributed by atoms with Crippen LogP contribution in [0.25, 0.3) is 22.1 Å². The Morgan fingerprint density at radius 1 is 0.931 bits per heavy atom. The van der Waals surface area contributed by atoms with Crippen LogP contribution in [0.15, 0.2) is 41.0 Å². The van der Waals surface area contributed by atoms with Gasteiger partial charge in [0.25, 0.3) is 0 Å². The molecular weight excluding hydrogens is 396 g/mol. The Hall–Kier alpha value is -3.40. The van der Waals surface area contributed by atoms with E-state index < -0.39 is 23.8 Å². The minimum Gasteiger partial charge on any atom is -0.469 e. The molecule has 2 atom stereocenters. The highest BCUT2D eigenvalue weighted by molar-refractivity contribution is 7.00. The zero-order valence-electron chi connectivity index (χ0n) is 15.6. The second kappa shape index (κ2) is 7.92. The molecule has 2 unspecified atom stereocenters. The van der Waals surface area contributed by atoms with Crippen LogP contribution >= 0.6 is 11.7 Å². The third-order valence-corrected chi connectivity index (χ3v) is 5.16. The minimum atomic E-state index is -0.951. The van der Waals surface area contributed by atoms with Crippen LogP contribution in [0.1, 0.15) is 29.9 Å². The second-order valence-corrected chi connectivity index (χ2v) is 6.78. The fourth-order valence-electron chi connectivity index (χ4n) is 3.27. The predicted octanol–water partition coefficient (Wildman–Crippen LogP) is 2.83. The van der Waals surface area contributed by atoms with Crippen molar-refractivity contribution in [1.29, 1.82) is 0 Å². The maximum atomic E-state index is 13.0. The summed E-state index contributed by atoms with van der Waals surface area (Å²) in [7, 11) is 1.28. The van der Waals surface area contributed by atoms with E-state index in [2.05, 4.69) is 19.1 Å². The smallest absolute Gasteiger partial charge is 0.314 e. The number of nitrogens with zero attached hydrogens (tertiary/aromatic N) is 4. The number of ether oxygens (including phenoxy) is 2. The van der Waals surface area contributed by atoms with Crippen molar-refractivity contribution in [3.8, 4) is 0 Å². The zero-order valence-corrected chi connectivity index (χ0v) is 16.4. The summed E-state index contributed by atoms with van der Waals surface area (Å²) in [6, 6.07) is 10.3. The van der Waals surface area contributed by atoms with Gasteiger partial charge in [-0.3, -0.25) is 9.59 Å². The molecule has 10 heteroatoms. The first kappa shape index (κ1) is 18.9. The van der Waals surface area contributed by atoms with Gasteiger partial charge >= 0.3 is 11.9 Å². The first-order valence-corrected chi connectivity index (χ1v) is 9.54. The van der Waals surface area contributed by atoms with E-state index >= 15 is 0 Å². The molecule has 0 amide bonds. The number of methoxy groups -OCH3 is 1. The van der Waals surface area contributed by atoms with E-state index in [4.69, 9.17) is 14.1 Å². The summed E-state index contributed by atoms with van der Waals surface area (Å²) < 4.78 is 23.5. The summed E-state index contributed by atoms with van der Waals surface area (Å²) in [5, 5.41) is 7.60. The summed E-state index contributed by atoms with van der Waals surface area (Å²) in [5.41, 5.74) is 3.48. The molecule has 0 aliphatic heterocycles. The number of esters is 2. The minimum absolute atomic E-state index is 0.173. The highest BCUT2D eigenvalue weighted by Crippen LogP contribution is 2.37. The van der Waals surface area contributed by atoms with Gasteiger partial charge in [0.2, 0.25) is 0 Å². The zero-order chi connectivity index (χ0) is 20.4. The topological polar surface area (TPSA) is 117 Å². The number of aromatic nitrogens is 4. The van der Waals surface area contributed by atoms with Crippen molar-refractivity contribution in [3.05, 3.63) is 47.5 Å². The molecule has 0 N–H and O–H groups in total. The Balaban J connectivity index is 1.87. The van der Waals surface area contributed by atoms with Crippen molar-refractivity contribution in [3.63, 3.8) is 0 Å². The van der Waals surface area contributed by atoms with Gasteiger partial charge in [0, 0.05) is 0 Å². The van der Waals surface area contributed by atoms with E-state index in [9.17, 15) is 9.59 Å². The molecule has 0 aliphatic carbocycles. The number of carbonyl (C=O) groups is 2. The maximum absolute atomic E-state index is 13.0. The fourth-order valence-corrected chi connectivity index (χ4v) is 3.79. The van der Waals surface area contributed by atoms with Crippen molar-refractivity contribution in [2.24, 2.45) is 0 Å². The van der Waals surface area contributed by atoms with Gasteiger partial charge in [0.05, 0.1) is 37.3 Å². The Bertz CT molecular complexity index is 1190. The third-order valence-electron chi connectivity index (χ3n) is 4.60. The van der Waals surface area contributed by atoms with Crippen LogP contribution in [0, 0.1) is 0 Å². The molecular formula is C19H16N4O5S. The Kier molecular flexibility index (Phi) is 5.17. The molecule has 2 heterocycles. The maximum Gasteiger partial charge on any atom is 0.314 e. The lowest BCUT2D eigenvalue weighted by molar-refractivity contribution is -0.152. The molecule has 0 saturated heterocycles. The molecule has 9 nitrogen and oxygen atoms in total. The van der Waals surface area contributed by atoms with E-state index in [0.29, 0.717) is 33.2 Å². The summed E-state index contributed by atoms with van der Waals surface area (Å²) in [4.78, 5) is 25.8. The van der Waals surface area contributed by atoms with Gasteiger partial charge in [-0.15, -0.1) is 0 Å². The molecule has 0 radical (unpaired) electrons. The molecule has 0 spiro atoms. The molecule has 0 aliphatic rings. The van der Waals surface area contributed by atoms with E-state index in [0.717, 1.165) is 11.7 Å². The first-order chi connectivity index (χ1) is 14.1. The predicted molar refractivity (Wildman–Crippen MR) is 103 cm³/mol. The quantitative estimate of drug-likeness (QED) is 0.441. The number of rotatable bonds is 6. The highest BCUT2D eigenvalue weighted by atomic mass is 32.1. The van der Waals surface area contributed by atoms with Crippen LogP contribution in [0.2, 0.25) is 0 Å². The molecule has 29 heavy (non-hydrogen) atoms. The molecule has 2 aromatic carbocycles. The largest absolute Gasteiger partial charge is 0.469 e. The SMILES string of the molecule is CCOC(=O)C(c1ccc2nonc2c1)C(C(=O)OC)c1ccc2nsnc2c1. The van der Waals surface area contributed by atoms with Crippen LogP contribution in [-0.4, -0.2) is 44.7 Å². The summed E-state index contributed by atoms with van der Waals surface area (Å²) in [6.45, 7) is 1.88. The molecule has 4 rings (SSSR count). The normalized spacial score (nSPS) is 13.3. The number of fused-ring (bicyclic) bond motifs is 2. The molecule has 0 fully saturated rings. The van der Waals surface area contributed by atoms with Gasteiger partial charge in [0.15, 0.2) is 0 Å². The highest BCUT2D eigenvalue weighted by Gasteiger charge is 2.39. The standard InChI is InChI=1S/C19H16N4O5S/c1-3-27-19(25)17(10-4-6-12-14(8-10)21-28-20-12)16(18(24)26-2)11-5-7-13-15(9-11)23-29-22-13/h4-9,16-17H,3H2,1-2H3. The Labute approximate surface area is 168 Å². The summed E-state index contributed by atoms with van der Waals surface area (Å²) in [5.74, 6) is -3.01. The number of hydrogen-bond donors (Lipinski definition) is 0. The van der Waals surface area contributed by atoms with Crippen LogP contribution < -0.4 is 0 Å². The monoisotopic (exact) mass is 412 g/mol. The van der Waals surface area contributed by atoms with Crippen LogP contribution in [0.4, 0.5) is 0 Å². The van der Waals surface area contributed by atoms with Crippen LogP contribution in [0.3, 0.4) is 0 Å². The molecule has 2 aromatic heterocycles. The number of carbonyl (C=O) groups excluding carboxylic acids is 2. The van der Waals surface area contributed by atoms with Crippen molar-refractivity contribution in [1.82, 2.24) is 19.1 Å². The molecule has 0 bridgehead atoms. The van der Waals surface area contributed by atoms with Gasteiger partial charge in [-0.2, -0.15) is 8.75 Å². The third kappa shape index (κ3) is 3.54. The summed E-state index contributed by atoms with van der Waals surface area (Å²) >= 11 is 1.08. The number of benzene rings is 2. The van der Waals surface area contributed by atoms with Gasteiger partial charge in [-0.05, 0) is 52.6 Å². The van der Waals surface area contributed by atoms with Gasteiger partial charge < -0.3 is 9.47 Å². The van der Waals surface area contributed by atoms with Crippen molar-refractivity contribution >= 4 is 45.7 Å².